The van der Waals surface area contributed by atoms with Crippen molar-refractivity contribution in [2.75, 3.05) is 0 Å². The molecule has 1 saturated carbocycles. The average Bonchev–Trinajstić information content (AvgIpc) is 2.65. The molecule has 0 saturated heterocycles. The molecule has 1 heterocycles. The van der Waals surface area contributed by atoms with Crippen LogP contribution in [0.3, 0.4) is 0 Å². The maximum Gasteiger partial charge on any atom is 0.0570 e. The van der Waals surface area contributed by atoms with Gasteiger partial charge in [-0.1, -0.05) is 32.8 Å². The van der Waals surface area contributed by atoms with Crippen LogP contribution in [0.4, 0.5) is 0 Å². The molecule has 0 amide bonds. The average molecular weight is 260 g/mol. The van der Waals surface area contributed by atoms with E-state index in [-0.39, 0.29) is 0 Å². The Morgan fingerprint density at radius 2 is 1.95 bits per heavy atom. The fraction of sp³-hybridized carbons (Fsp3) is 0.706. The smallest absolute Gasteiger partial charge is 0.0570 e. The molecule has 0 radical (unpaired) electrons. The van der Waals surface area contributed by atoms with Crippen LogP contribution in [0.15, 0.2) is 24.4 Å². The Kier molecular flexibility index (Phi) is 5.38. The summed E-state index contributed by atoms with van der Waals surface area (Å²) >= 11 is 0. The number of hydrogen-bond donors (Lipinski definition) is 1. The van der Waals surface area contributed by atoms with Gasteiger partial charge in [0, 0.05) is 18.3 Å². The topological polar surface area (TPSA) is 24.9 Å². The maximum absolute atomic E-state index is 4.45. The highest BCUT2D eigenvalue weighted by atomic mass is 15.0. The third-order valence-electron chi connectivity index (χ3n) is 4.57. The third kappa shape index (κ3) is 4.31. The van der Waals surface area contributed by atoms with E-state index in [1.165, 1.54) is 32.1 Å². The molecule has 0 bridgehead atoms. The van der Waals surface area contributed by atoms with Crippen LogP contribution >= 0.6 is 0 Å². The van der Waals surface area contributed by atoms with E-state index in [4.69, 9.17) is 0 Å². The molecule has 0 spiro atoms. The molecule has 2 nitrogen and oxygen atoms in total. The lowest BCUT2D eigenvalue weighted by molar-refractivity contribution is 0.335. The molecule has 19 heavy (non-hydrogen) atoms. The minimum Gasteiger partial charge on any atom is -0.306 e. The van der Waals surface area contributed by atoms with Crippen LogP contribution < -0.4 is 5.32 Å². The second kappa shape index (κ2) is 7.04. The van der Waals surface area contributed by atoms with Crippen LogP contribution in [0, 0.1) is 11.8 Å². The lowest BCUT2D eigenvalue weighted by Gasteiger charge is -2.22. The fourth-order valence-corrected chi connectivity index (χ4v) is 3.23. The largest absolute Gasteiger partial charge is 0.306 e. The Balaban J connectivity index is 1.86. The number of nitrogens with one attached hydrogen (secondary N) is 1. The molecule has 1 N–H and O–H groups in total. The van der Waals surface area contributed by atoms with Gasteiger partial charge in [0.05, 0.1) is 5.69 Å². The first kappa shape index (κ1) is 14.5. The van der Waals surface area contributed by atoms with Gasteiger partial charge in [0.25, 0.3) is 0 Å². The number of aromatic nitrogens is 1. The zero-order valence-corrected chi connectivity index (χ0v) is 12.6. The zero-order chi connectivity index (χ0) is 13.7. The van der Waals surface area contributed by atoms with Crippen LogP contribution in [0.5, 0.6) is 0 Å². The van der Waals surface area contributed by atoms with Crippen LogP contribution in [0.1, 0.15) is 64.6 Å². The molecule has 1 aromatic rings. The lowest BCUT2D eigenvalue weighted by Crippen LogP contribution is -2.31. The van der Waals surface area contributed by atoms with Crippen molar-refractivity contribution in [2.24, 2.45) is 11.8 Å². The summed E-state index contributed by atoms with van der Waals surface area (Å²) < 4.78 is 0. The van der Waals surface area contributed by atoms with Crippen molar-refractivity contribution in [3.8, 4) is 0 Å². The van der Waals surface area contributed by atoms with E-state index in [0.29, 0.717) is 12.1 Å². The van der Waals surface area contributed by atoms with Crippen LogP contribution in [-0.4, -0.2) is 11.0 Å². The van der Waals surface area contributed by atoms with Crippen LogP contribution in [0.2, 0.25) is 0 Å². The summed E-state index contributed by atoms with van der Waals surface area (Å²) in [4.78, 5) is 4.45. The van der Waals surface area contributed by atoms with Crippen molar-refractivity contribution in [1.29, 1.82) is 0 Å². The van der Waals surface area contributed by atoms with Crippen molar-refractivity contribution in [3.63, 3.8) is 0 Å². The van der Waals surface area contributed by atoms with Crippen molar-refractivity contribution in [3.05, 3.63) is 30.1 Å². The van der Waals surface area contributed by atoms with Gasteiger partial charge in [-0.05, 0) is 50.2 Å². The normalized spacial score (nSPS) is 26.1. The first-order valence-electron chi connectivity index (χ1n) is 7.83. The molecule has 106 valence electrons. The van der Waals surface area contributed by atoms with Gasteiger partial charge in [-0.2, -0.15) is 0 Å². The minimum absolute atomic E-state index is 0.363. The van der Waals surface area contributed by atoms with E-state index in [0.717, 1.165) is 17.5 Å². The summed E-state index contributed by atoms with van der Waals surface area (Å²) in [6, 6.07) is 7.20. The molecule has 0 aromatic carbocycles. The van der Waals surface area contributed by atoms with Gasteiger partial charge in [-0.3, -0.25) is 4.98 Å². The van der Waals surface area contributed by atoms with Gasteiger partial charge in [0.15, 0.2) is 0 Å². The van der Waals surface area contributed by atoms with Crippen molar-refractivity contribution in [1.82, 2.24) is 10.3 Å². The second-order valence-corrected chi connectivity index (χ2v) is 6.35. The van der Waals surface area contributed by atoms with Crippen LogP contribution in [0.25, 0.3) is 0 Å². The SMILES string of the molecule is CC(C)C1CCCC(N[C@H](C)c2ccccn2)CC1. The quantitative estimate of drug-likeness (QED) is 0.815. The third-order valence-corrected chi connectivity index (χ3v) is 4.57. The standard InChI is InChI=1S/C17H28N2/c1-13(2)15-7-6-8-16(11-10-15)19-14(3)17-9-4-5-12-18-17/h4-5,9,12-16,19H,6-8,10-11H2,1-3H3/t14-,15?,16?/m1/s1. The van der Waals surface area contributed by atoms with E-state index >= 15 is 0 Å². The highest BCUT2D eigenvalue weighted by Gasteiger charge is 2.22. The Labute approximate surface area is 118 Å². The molecule has 1 aliphatic carbocycles. The zero-order valence-electron chi connectivity index (χ0n) is 12.6. The molecule has 3 atom stereocenters. The molecule has 0 aliphatic heterocycles. The predicted molar refractivity (Wildman–Crippen MR) is 81.0 cm³/mol. The molecule has 2 unspecified atom stereocenters. The Morgan fingerprint density at radius 3 is 2.63 bits per heavy atom. The van der Waals surface area contributed by atoms with E-state index in [2.05, 4.69) is 43.2 Å². The van der Waals surface area contributed by atoms with Gasteiger partial charge < -0.3 is 5.32 Å². The fourth-order valence-electron chi connectivity index (χ4n) is 3.23. The molecule has 1 aromatic heterocycles. The van der Waals surface area contributed by atoms with E-state index in [1.54, 1.807) is 0 Å². The summed E-state index contributed by atoms with van der Waals surface area (Å²) in [5.41, 5.74) is 1.16. The summed E-state index contributed by atoms with van der Waals surface area (Å²) in [6.07, 6.45) is 8.68. The first-order chi connectivity index (χ1) is 9.16. The van der Waals surface area contributed by atoms with E-state index in [1.807, 2.05) is 12.3 Å². The van der Waals surface area contributed by atoms with Crippen molar-refractivity contribution in [2.45, 2.75) is 65.0 Å². The summed E-state index contributed by atoms with van der Waals surface area (Å²) in [5, 5.41) is 3.77. The number of hydrogen-bond acceptors (Lipinski definition) is 2. The molecule has 1 aliphatic rings. The Hall–Kier alpha value is -0.890. The highest BCUT2D eigenvalue weighted by Crippen LogP contribution is 2.29. The molecular weight excluding hydrogens is 232 g/mol. The number of nitrogens with zero attached hydrogens (tertiary/aromatic N) is 1. The van der Waals surface area contributed by atoms with E-state index < -0.39 is 0 Å². The summed E-state index contributed by atoms with van der Waals surface area (Å²) in [5.74, 6) is 1.77. The number of pyridine rings is 1. The molecule has 2 rings (SSSR count). The van der Waals surface area contributed by atoms with Crippen molar-refractivity contribution < 1.29 is 0 Å². The summed E-state index contributed by atoms with van der Waals surface area (Å²) in [6.45, 7) is 6.97. The first-order valence-corrected chi connectivity index (χ1v) is 7.83. The summed E-state index contributed by atoms with van der Waals surface area (Å²) in [7, 11) is 0. The second-order valence-electron chi connectivity index (χ2n) is 6.35. The predicted octanol–water partition coefficient (Wildman–Crippen LogP) is 4.34. The molecule has 1 fully saturated rings. The molecular formula is C17H28N2. The number of rotatable bonds is 4. The van der Waals surface area contributed by atoms with Crippen LogP contribution in [-0.2, 0) is 0 Å². The molecule has 2 heteroatoms. The monoisotopic (exact) mass is 260 g/mol. The van der Waals surface area contributed by atoms with E-state index in [9.17, 15) is 0 Å². The van der Waals surface area contributed by atoms with Gasteiger partial charge in [-0.25, -0.2) is 0 Å². The van der Waals surface area contributed by atoms with Gasteiger partial charge in [0.1, 0.15) is 0 Å². The Bertz CT molecular complexity index is 361. The lowest BCUT2D eigenvalue weighted by atomic mass is 9.89. The maximum atomic E-state index is 4.45. The van der Waals surface area contributed by atoms with Gasteiger partial charge in [0.2, 0.25) is 0 Å². The van der Waals surface area contributed by atoms with Gasteiger partial charge in [-0.15, -0.1) is 0 Å². The minimum atomic E-state index is 0.363. The highest BCUT2D eigenvalue weighted by molar-refractivity contribution is 5.07. The van der Waals surface area contributed by atoms with Gasteiger partial charge >= 0.3 is 0 Å². The Morgan fingerprint density at radius 1 is 1.11 bits per heavy atom. The van der Waals surface area contributed by atoms with Crippen molar-refractivity contribution >= 4 is 0 Å².